The SMILES string of the molecule is CC(OCC1CCCO1)C(=O)NNC(=O)c1ccc(Cl)cc1O. The van der Waals surface area contributed by atoms with Gasteiger partial charge in [0.1, 0.15) is 11.9 Å². The molecule has 0 spiro atoms. The highest BCUT2D eigenvalue weighted by molar-refractivity contribution is 6.30. The molecule has 1 fully saturated rings. The maximum atomic E-state index is 11.9. The highest BCUT2D eigenvalue weighted by atomic mass is 35.5. The summed E-state index contributed by atoms with van der Waals surface area (Å²) in [4.78, 5) is 23.7. The number of amides is 2. The Morgan fingerprint density at radius 2 is 2.26 bits per heavy atom. The molecule has 1 aromatic carbocycles. The van der Waals surface area contributed by atoms with Crippen LogP contribution in [0.2, 0.25) is 5.02 Å². The lowest BCUT2D eigenvalue weighted by molar-refractivity contribution is -0.134. The molecule has 7 nitrogen and oxygen atoms in total. The summed E-state index contributed by atoms with van der Waals surface area (Å²) < 4.78 is 10.8. The van der Waals surface area contributed by atoms with Crippen LogP contribution in [0.4, 0.5) is 0 Å². The maximum Gasteiger partial charge on any atom is 0.273 e. The van der Waals surface area contributed by atoms with E-state index in [1.807, 2.05) is 0 Å². The van der Waals surface area contributed by atoms with E-state index in [0.717, 1.165) is 19.4 Å². The molecule has 0 saturated carbocycles. The van der Waals surface area contributed by atoms with E-state index in [-0.39, 0.29) is 17.4 Å². The molecule has 2 atom stereocenters. The molecule has 0 aliphatic carbocycles. The number of hydrogen-bond acceptors (Lipinski definition) is 5. The van der Waals surface area contributed by atoms with Crippen molar-refractivity contribution in [3.05, 3.63) is 28.8 Å². The van der Waals surface area contributed by atoms with Gasteiger partial charge in [0, 0.05) is 11.6 Å². The summed E-state index contributed by atoms with van der Waals surface area (Å²) in [5.74, 6) is -1.42. The van der Waals surface area contributed by atoms with Crippen LogP contribution >= 0.6 is 11.6 Å². The third-order valence-corrected chi connectivity index (χ3v) is 3.66. The zero-order valence-corrected chi connectivity index (χ0v) is 13.4. The van der Waals surface area contributed by atoms with E-state index >= 15 is 0 Å². The van der Waals surface area contributed by atoms with Gasteiger partial charge in [0.05, 0.1) is 18.3 Å². The number of nitrogens with one attached hydrogen (secondary N) is 2. The first-order valence-corrected chi connectivity index (χ1v) is 7.67. The maximum absolute atomic E-state index is 11.9. The molecule has 2 unspecified atom stereocenters. The second kappa shape index (κ2) is 8.14. The fourth-order valence-corrected chi connectivity index (χ4v) is 2.25. The minimum Gasteiger partial charge on any atom is -0.507 e. The van der Waals surface area contributed by atoms with Crippen LogP contribution in [0.25, 0.3) is 0 Å². The van der Waals surface area contributed by atoms with Gasteiger partial charge in [-0.05, 0) is 38.0 Å². The summed E-state index contributed by atoms with van der Waals surface area (Å²) in [7, 11) is 0. The predicted molar refractivity (Wildman–Crippen MR) is 83.1 cm³/mol. The van der Waals surface area contributed by atoms with Crippen LogP contribution in [-0.2, 0) is 14.3 Å². The molecule has 1 aromatic rings. The van der Waals surface area contributed by atoms with Crippen molar-refractivity contribution in [3.63, 3.8) is 0 Å². The number of aromatic hydroxyl groups is 1. The molecule has 126 valence electrons. The van der Waals surface area contributed by atoms with E-state index < -0.39 is 17.9 Å². The zero-order valence-electron chi connectivity index (χ0n) is 12.7. The Morgan fingerprint density at radius 1 is 1.48 bits per heavy atom. The van der Waals surface area contributed by atoms with E-state index in [2.05, 4.69) is 10.9 Å². The number of rotatable bonds is 5. The summed E-state index contributed by atoms with van der Waals surface area (Å²) in [6.07, 6.45) is 1.19. The fourth-order valence-electron chi connectivity index (χ4n) is 2.09. The molecule has 3 N–H and O–H groups in total. The van der Waals surface area contributed by atoms with Gasteiger partial charge in [0.25, 0.3) is 11.8 Å². The summed E-state index contributed by atoms with van der Waals surface area (Å²) in [5, 5.41) is 9.95. The van der Waals surface area contributed by atoms with E-state index in [1.54, 1.807) is 6.92 Å². The standard InChI is InChI=1S/C15H19ClN2O5/c1-9(23-8-11-3-2-6-22-11)14(20)17-18-15(21)12-5-4-10(16)7-13(12)19/h4-5,7,9,11,19H,2-3,6,8H2,1H3,(H,17,20)(H,18,21). The van der Waals surface area contributed by atoms with Crippen LogP contribution in [0.5, 0.6) is 5.75 Å². The summed E-state index contributed by atoms with van der Waals surface area (Å²) >= 11 is 5.69. The van der Waals surface area contributed by atoms with Gasteiger partial charge >= 0.3 is 0 Å². The van der Waals surface area contributed by atoms with Gasteiger partial charge < -0.3 is 14.6 Å². The second-order valence-corrected chi connectivity index (χ2v) is 5.65. The van der Waals surface area contributed by atoms with Crippen molar-refractivity contribution in [2.24, 2.45) is 0 Å². The summed E-state index contributed by atoms with van der Waals surface area (Å²) in [5.41, 5.74) is 4.47. The van der Waals surface area contributed by atoms with E-state index in [9.17, 15) is 14.7 Å². The highest BCUT2D eigenvalue weighted by Gasteiger charge is 2.20. The Labute approximate surface area is 138 Å². The molecular weight excluding hydrogens is 324 g/mol. The highest BCUT2D eigenvalue weighted by Crippen LogP contribution is 2.21. The first-order valence-electron chi connectivity index (χ1n) is 7.29. The summed E-state index contributed by atoms with van der Waals surface area (Å²) in [6.45, 7) is 2.63. The lowest BCUT2D eigenvalue weighted by Gasteiger charge is -2.16. The Balaban J connectivity index is 1.77. The quantitative estimate of drug-likeness (QED) is 0.703. The van der Waals surface area contributed by atoms with E-state index in [0.29, 0.717) is 11.6 Å². The number of carbonyl (C=O) groups is 2. The molecule has 0 radical (unpaired) electrons. The van der Waals surface area contributed by atoms with Crippen LogP contribution in [0.1, 0.15) is 30.1 Å². The lowest BCUT2D eigenvalue weighted by Crippen LogP contribution is -2.46. The van der Waals surface area contributed by atoms with Gasteiger partial charge in [-0.3, -0.25) is 20.4 Å². The number of phenols is 1. The van der Waals surface area contributed by atoms with Crippen molar-refractivity contribution in [2.45, 2.75) is 32.0 Å². The Kier molecular flexibility index (Phi) is 6.20. The van der Waals surface area contributed by atoms with Crippen molar-refractivity contribution in [1.82, 2.24) is 10.9 Å². The van der Waals surface area contributed by atoms with E-state index in [4.69, 9.17) is 21.1 Å². The lowest BCUT2D eigenvalue weighted by atomic mass is 10.2. The van der Waals surface area contributed by atoms with E-state index in [1.165, 1.54) is 18.2 Å². The molecule has 2 rings (SSSR count). The van der Waals surface area contributed by atoms with Crippen molar-refractivity contribution < 1.29 is 24.2 Å². The molecule has 1 heterocycles. The smallest absolute Gasteiger partial charge is 0.273 e. The molecule has 1 saturated heterocycles. The molecule has 23 heavy (non-hydrogen) atoms. The van der Waals surface area contributed by atoms with Gasteiger partial charge in [0.15, 0.2) is 0 Å². The first kappa shape index (κ1) is 17.5. The van der Waals surface area contributed by atoms with Crippen molar-refractivity contribution in [1.29, 1.82) is 0 Å². The van der Waals surface area contributed by atoms with Gasteiger partial charge in [-0.15, -0.1) is 0 Å². The molecule has 1 aliphatic heterocycles. The number of phenolic OH excluding ortho intramolecular Hbond substituents is 1. The number of hydrogen-bond donors (Lipinski definition) is 3. The van der Waals surface area contributed by atoms with Crippen LogP contribution in [0.15, 0.2) is 18.2 Å². The van der Waals surface area contributed by atoms with Gasteiger partial charge in [-0.2, -0.15) is 0 Å². The average molecular weight is 343 g/mol. The number of ether oxygens (including phenoxy) is 2. The monoisotopic (exact) mass is 342 g/mol. The van der Waals surface area contributed by atoms with Gasteiger partial charge in [-0.1, -0.05) is 11.6 Å². The fraction of sp³-hybridized carbons (Fsp3) is 0.467. The first-order chi connectivity index (χ1) is 11.0. The molecular formula is C15H19ClN2O5. The van der Waals surface area contributed by atoms with Crippen molar-refractivity contribution in [3.8, 4) is 5.75 Å². The number of hydrazine groups is 1. The Bertz CT molecular complexity index is 575. The number of benzene rings is 1. The molecule has 1 aliphatic rings. The number of carbonyl (C=O) groups excluding carboxylic acids is 2. The van der Waals surface area contributed by atoms with Crippen LogP contribution < -0.4 is 10.9 Å². The Morgan fingerprint density at radius 3 is 2.91 bits per heavy atom. The number of halogens is 1. The third kappa shape index (κ3) is 5.09. The van der Waals surface area contributed by atoms with Crippen LogP contribution in [0.3, 0.4) is 0 Å². The summed E-state index contributed by atoms with van der Waals surface area (Å²) in [6, 6.07) is 4.06. The minimum absolute atomic E-state index is 0.00243. The van der Waals surface area contributed by atoms with Gasteiger partial charge in [0.2, 0.25) is 0 Å². The van der Waals surface area contributed by atoms with Crippen molar-refractivity contribution >= 4 is 23.4 Å². The normalized spacial score (nSPS) is 18.4. The average Bonchev–Trinajstić information content (AvgIpc) is 3.03. The molecule has 0 bridgehead atoms. The largest absolute Gasteiger partial charge is 0.507 e. The predicted octanol–water partition coefficient (Wildman–Crippen LogP) is 1.39. The zero-order chi connectivity index (χ0) is 16.8. The van der Waals surface area contributed by atoms with Crippen molar-refractivity contribution in [2.75, 3.05) is 13.2 Å². The van der Waals surface area contributed by atoms with Gasteiger partial charge in [-0.25, -0.2) is 0 Å². The minimum atomic E-state index is -0.738. The third-order valence-electron chi connectivity index (χ3n) is 3.43. The van der Waals surface area contributed by atoms with Crippen LogP contribution in [-0.4, -0.2) is 42.3 Å². The Hall–Kier alpha value is -1.83. The molecule has 8 heteroatoms. The topological polar surface area (TPSA) is 96.9 Å². The molecule has 0 aromatic heterocycles. The second-order valence-electron chi connectivity index (χ2n) is 5.22. The molecule has 2 amide bonds. The van der Waals surface area contributed by atoms with Crippen LogP contribution in [0, 0.1) is 0 Å².